The Kier molecular flexibility index (Phi) is 6.25. The molecule has 2 unspecified atom stereocenters. The molecule has 142 valence electrons. The van der Waals surface area contributed by atoms with Crippen LogP contribution in [0.1, 0.15) is 29.4 Å². The lowest BCUT2D eigenvalue weighted by Gasteiger charge is -2.29. The van der Waals surface area contributed by atoms with E-state index in [-0.39, 0.29) is 35.7 Å². The van der Waals surface area contributed by atoms with Crippen molar-refractivity contribution in [3.05, 3.63) is 41.7 Å². The Morgan fingerprint density at radius 1 is 1.35 bits per heavy atom. The van der Waals surface area contributed by atoms with Gasteiger partial charge in [-0.1, -0.05) is 24.3 Å². The molecule has 2 aromatic rings. The predicted molar refractivity (Wildman–Crippen MR) is 91.5 cm³/mol. The maximum atomic E-state index is 13.1. The molecule has 2 atom stereocenters. The molecule has 26 heavy (non-hydrogen) atoms. The van der Waals surface area contributed by atoms with E-state index in [1.165, 1.54) is 24.4 Å². The van der Waals surface area contributed by atoms with Crippen molar-refractivity contribution in [3.8, 4) is 5.69 Å². The zero-order valence-electron chi connectivity index (χ0n) is 14.0. The molecule has 0 radical (unpaired) electrons. The molecule has 0 bridgehead atoms. The van der Waals surface area contributed by atoms with Crippen LogP contribution in [-0.4, -0.2) is 40.0 Å². The van der Waals surface area contributed by atoms with Crippen LogP contribution >= 0.6 is 12.4 Å². The summed E-state index contributed by atoms with van der Waals surface area (Å²) in [5, 5.41) is 13.5. The molecule has 1 fully saturated rings. The van der Waals surface area contributed by atoms with Gasteiger partial charge >= 0.3 is 6.18 Å². The van der Waals surface area contributed by atoms with Gasteiger partial charge in [-0.15, -0.1) is 17.5 Å². The van der Waals surface area contributed by atoms with E-state index in [0.717, 1.165) is 30.3 Å². The first-order valence-electron chi connectivity index (χ1n) is 7.97. The molecule has 1 aromatic carbocycles. The normalized spacial score (nSPS) is 20.3. The second kappa shape index (κ2) is 8.05. The van der Waals surface area contributed by atoms with Crippen molar-refractivity contribution < 1.29 is 18.0 Å². The lowest BCUT2D eigenvalue weighted by molar-refractivity contribution is -0.137. The Morgan fingerprint density at radius 3 is 2.77 bits per heavy atom. The summed E-state index contributed by atoms with van der Waals surface area (Å²) in [6.07, 6.45) is -2.51. The summed E-state index contributed by atoms with van der Waals surface area (Å²) < 4.78 is 40.3. The Morgan fingerprint density at radius 2 is 2.08 bits per heavy atom. The largest absolute Gasteiger partial charge is 0.418 e. The number of para-hydroxylation sites is 1. The number of carbonyl (C=O) groups excluding carboxylic acids is 1. The summed E-state index contributed by atoms with van der Waals surface area (Å²) in [6, 6.07) is 5.03. The molecule has 6 nitrogen and oxygen atoms in total. The number of carbonyl (C=O) groups is 1. The van der Waals surface area contributed by atoms with E-state index in [9.17, 15) is 18.0 Å². The fraction of sp³-hybridized carbons (Fsp3) is 0.438. The predicted octanol–water partition coefficient (Wildman–Crippen LogP) is 2.44. The standard InChI is InChI=1S/C16H18F3N5O.ClH/c1-10-8-20-7-6-12(10)21-15(25)13-9-24(23-22-13)14-5-3-2-4-11(14)16(17,18)19;/h2-5,9-10,12,20H,6-8H2,1H3,(H,21,25);1H. The quantitative estimate of drug-likeness (QED) is 0.845. The topological polar surface area (TPSA) is 71.8 Å². The average molecular weight is 390 g/mol. The molecule has 1 saturated heterocycles. The van der Waals surface area contributed by atoms with Gasteiger partial charge in [0.2, 0.25) is 0 Å². The van der Waals surface area contributed by atoms with Crippen LogP contribution in [0.3, 0.4) is 0 Å². The minimum Gasteiger partial charge on any atom is -0.347 e. The van der Waals surface area contributed by atoms with Crippen LogP contribution in [0.4, 0.5) is 13.2 Å². The van der Waals surface area contributed by atoms with E-state index < -0.39 is 17.6 Å². The van der Waals surface area contributed by atoms with Crippen molar-refractivity contribution in [1.82, 2.24) is 25.6 Å². The highest BCUT2D eigenvalue weighted by Crippen LogP contribution is 2.33. The number of rotatable bonds is 3. The molecule has 1 aromatic heterocycles. The third-order valence-corrected chi connectivity index (χ3v) is 4.28. The molecular weight excluding hydrogens is 371 g/mol. The van der Waals surface area contributed by atoms with Crippen LogP contribution in [0.15, 0.2) is 30.5 Å². The minimum absolute atomic E-state index is 0. The van der Waals surface area contributed by atoms with Crippen LogP contribution in [0, 0.1) is 5.92 Å². The summed E-state index contributed by atoms with van der Waals surface area (Å²) in [7, 11) is 0. The first kappa shape index (κ1) is 20.2. The van der Waals surface area contributed by atoms with Gasteiger partial charge < -0.3 is 10.6 Å². The summed E-state index contributed by atoms with van der Waals surface area (Å²) in [4.78, 5) is 12.3. The second-order valence-corrected chi connectivity index (χ2v) is 6.11. The van der Waals surface area contributed by atoms with Gasteiger partial charge in [0.25, 0.3) is 5.91 Å². The summed E-state index contributed by atoms with van der Waals surface area (Å²) >= 11 is 0. The van der Waals surface area contributed by atoms with Crippen LogP contribution in [-0.2, 0) is 6.18 Å². The number of halogens is 4. The van der Waals surface area contributed by atoms with Crippen molar-refractivity contribution in [1.29, 1.82) is 0 Å². The summed E-state index contributed by atoms with van der Waals surface area (Å²) in [6.45, 7) is 3.63. The minimum atomic E-state index is -4.52. The van der Waals surface area contributed by atoms with Gasteiger partial charge in [0.05, 0.1) is 17.4 Å². The van der Waals surface area contributed by atoms with Gasteiger partial charge in [-0.2, -0.15) is 13.2 Å². The molecule has 0 aliphatic carbocycles. The molecule has 1 aliphatic heterocycles. The van der Waals surface area contributed by atoms with Gasteiger partial charge in [0, 0.05) is 6.04 Å². The molecule has 0 spiro atoms. The van der Waals surface area contributed by atoms with E-state index in [4.69, 9.17) is 0 Å². The number of piperidine rings is 1. The first-order valence-corrected chi connectivity index (χ1v) is 7.97. The van der Waals surface area contributed by atoms with Gasteiger partial charge in [0.1, 0.15) is 0 Å². The van der Waals surface area contributed by atoms with Gasteiger partial charge in [-0.25, -0.2) is 4.68 Å². The Balaban J connectivity index is 0.00000243. The molecule has 2 heterocycles. The average Bonchev–Trinajstić information content (AvgIpc) is 3.06. The number of hydrogen-bond donors (Lipinski definition) is 2. The number of amides is 1. The molecule has 3 rings (SSSR count). The zero-order valence-corrected chi connectivity index (χ0v) is 14.8. The fourth-order valence-corrected chi connectivity index (χ4v) is 2.87. The molecule has 10 heteroatoms. The van der Waals surface area contributed by atoms with Crippen molar-refractivity contribution in [2.75, 3.05) is 13.1 Å². The highest BCUT2D eigenvalue weighted by Gasteiger charge is 2.34. The highest BCUT2D eigenvalue weighted by molar-refractivity contribution is 5.92. The van der Waals surface area contributed by atoms with Crippen molar-refractivity contribution in [2.24, 2.45) is 5.92 Å². The number of hydrogen-bond acceptors (Lipinski definition) is 4. The molecule has 0 saturated carbocycles. The number of benzene rings is 1. The molecular formula is C16H19ClF3N5O. The second-order valence-electron chi connectivity index (χ2n) is 6.11. The number of alkyl halides is 3. The Bertz CT molecular complexity index is 764. The number of aromatic nitrogens is 3. The van der Waals surface area contributed by atoms with Crippen molar-refractivity contribution in [2.45, 2.75) is 25.6 Å². The first-order chi connectivity index (χ1) is 11.9. The van der Waals surface area contributed by atoms with Gasteiger partial charge in [-0.05, 0) is 37.6 Å². The summed E-state index contributed by atoms with van der Waals surface area (Å²) in [5.74, 6) is -0.173. The third kappa shape index (κ3) is 4.34. The lowest BCUT2D eigenvalue weighted by Crippen LogP contribution is -2.48. The van der Waals surface area contributed by atoms with Crippen molar-refractivity contribution in [3.63, 3.8) is 0 Å². The van der Waals surface area contributed by atoms with Crippen LogP contribution in [0.5, 0.6) is 0 Å². The van der Waals surface area contributed by atoms with E-state index >= 15 is 0 Å². The van der Waals surface area contributed by atoms with E-state index in [0.29, 0.717) is 0 Å². The van der Waals surface area contributed by atoms with Gasteiger partial charge in [0.15, 0.2) is 5.69 Å². The smallest absolute Gasteiger partial charge is 0.347 e. The summed E-state index contributed by atoms with van der Waals surface area (Å²) in [5.41, 5.74) is -1.02. The number of nitrogens with one attached hydrogen (secondary N) is 2. The lowest BCUT2D eigenvalue weighted by atomic mass is 9.95. The highest BCUT2D eigenvalue weighted by atomic mass is 35.5. The van der Waals surface area contributed by atoms with E-state index in [2.05, 4.69) is 20.9 Å². The van der Waals surface area contributed by atoms with Crippen LogP contribution in [0.2, 0.25) is 0 Å². The monoisotopic (exact) mass is 389 g/mol. The Hall–Kier alpha value is -2.13. The number of nitrogens with zero attached hydrogens (tertiary/aromatic N) is 3. The maximum absolute atomic E-state index is 13.1. The zero-order chi connectivity index (χ0) is 18.0. The van der Waals surface area contributed by atoms with Crippen LogP contribution < -0.4 is 10.6 Å². The third-order valence-electron chi connectivity index (χ3n) is 4.28. The molecule has 1 amide bonds. The molecule has 2 N–H and O–H groups in total. The Labute approximate surface area is 154 Å². The van der Waals surface area contributed by atoms with E-state index in [1.54, 1.807) is 0 Å². The van der Waals surface area contributed by atoms with Gasteiger partial charge in [-0.3, -0.25) is 4.79 Å². The van der Waals surface area contributed by atoms with Crippen molar-refractivity contribution >= 4 is 18.3 Å². The maximum Gasteiger partial charge on any atom is 0.418 e. The fourth-order valence-electron chi connectivity index (χ4n) is 2.87. The SMILES string of the molecule is CC1CNCCC1NC(=O)c1cn(-c2ccccc2C(F)(F)F)nn1.Cl. The van der Waals surface area contributed by atoms with Crippen LogP contribution in [0.25, 0.3) is 5.69 Å². The molecule has 1 aliphatic rings. The van der Waals surface area contributed by atoms with E-state index in [1.807, 2.05) is 6.92 Å².